The molecule has 0 aromatic carbocycles. The number of ether oxygens (including phenoxy) is 1. The van der Waals surface area contributed by atoms with Crippen LogP contribution in [0.3, 0.4) is 0 Å². The maximum atomic E-state index is 12.7. The lowest BCUT2D eigenvalue weighted by atomic mass is 10.1. The molecule has 0 bridgehead atoms. The van der Waals surface area contributed by atoms with Crippen LogP contribution in [0.1, 0.15) is 12.0 Å². The molecule has 9 nitrogen and oxygen atoms in total. The molecule has 1 aromatic heterocycles. The van der Waals surface area contributed by atoms with Crippen LogP contribution in [-0.4, -0.2) is 68.7 Å². The number of amides is 2. The third kappa shape index (κ3) is 4.26. The van der Waals surface area contributed by atoms with E-state index in [1.807, 2.05) is 0 Å². The van der Waals surface area contributed by atoms with Gasteiger partial charge in [0.15, 0.2) is 9.88 Å². The van der Waals surface area contributed by atoms with Crippen molar-refractivity contribution in [3.8, 4) is 5.88 Å². The molecule has 150 valence electrons. The Balaban J connectivity index is 2.35. The van der Waals surface area contributed by atoms with Crippen LogP contribution in [0.25, 0.3) is 6.08 Å². The molecule has 1 saturated heterocycles. The Hall–Kier alpha value is -2.63. The van der Waals surface area contributed by atoms with Crippen molar-refractivity contribution in [2.24, 2.45) is 7.05 Å². The highest BCUT2D eigenvalue weighted by Crippen LogP contribution is 2.17. The smallest absolute Gasteiger partial charge is 0.265 e. The van der Waals surface area contributed by atoms with Crippen LogP contribution < -0.4 is 5.56 Å². The Morgan fingerprint density at radius 1 is 1.18 bits per heavy atom. The summed E-state index contributed by atoms with van der Waals surface area (Å²) >= 11 is 10.1. The van der Waals surface area contributed by atoms with E-state index in [4.69, 9.17) is 29.2 Å². The molecule has 11 heteroatoms. The summed E-state index contributed by atoms with van der Waals surface area (Å²) in [6, 6.07) is 0. The summed E-state index contributed by atoms with van der Waals surface area (Å²) in [6.07, 6.45) is 4.47. The summed E-state index contributed by atoms with van der Waals surface area (Å²) in [5, 5.41) is 10.0. The van der Waals surface area contributed by atoms with Gasteiger partial charge in [-0.25, -0.2) is 0 Å². The summed E-state index contributed by atoms with van der Waals surface area (Å²) in [5.74, 6) is -1.48. The van der Waals surface area contributed by atoms with Crippen LogP contribution in [-0.2, 0) is 21.4 Å². The van der Waals surface area contributed by atoms with Gasteiger partial charge in [0.05, 0.1) is 5.56 Å². The van der Waals surface area contributed by atoms with Crippen LogP contribution in [0.15, 0.2) is 22.5 Å². The number of H-pyrrole nitrogens is 1. The number of aromatic nitrogens is 2. The number of nitrogens with zero attached hydrogens (tertiary/aromatic N) is 3. The average molecular weight is 425 g/mol. The largest absolute Gasteiger partial charge is 0.494 e. The summed E-state index contributed by atoms with van der Waals surface area (Å²) < 4.78 is 6.20. The molecular formula is C17H20N4O5S2. The maximum Gasteiger partial charge on any atom is 0.265 e. The Morgan fingerprint density at radius 3 is 2.50 bits per heavy atom. The molecule has 28 heavy (non-hydrogen) atoms. The molecule has 2 N–H and O–H groups in total. The number of carbonyl (C=O) groups excluding carboxylic acids is 2. The molecule has 0 unspecified atom stereocenters. The Kier molecular flexibility index (Phi) is 7.00. The minimum absolute atomic E-state index is 0.0514. The van der Waals surface area contributed by atoms with Gasteiger partial charge in [-0.15, -0.1) is 0 Å². The summed E-state index contributed by atoms with van der Waals surface area (Å²) in [6.45, 7) is 0.752. The number of carbonyl (C=O) groups is 2. The van der Waals surface area contributed by atoms with Gasteiger partial charge in [0, 0.05) is 34.4 Å². The van der Waals surface area contributed by atoms with E-state index in [0.29, 0.717) is 19.6 Å². The number of methoxy groups -OCH3 is 1. The van der Waals surface area contributed by atoms with E-state index in [1.54, 1.807) is 7.11 Å². The van der Waals surface area contributed by atoms with Gasteiger partial charge in [-0.2, -0.15) is 0 Å². The molecular weight excluding hydrogens is 404 g/mol. The minimum atomic E-state index is -0.549. The van der Waals surface area contributed by atoms with E-state index in [-0.39, 0.29) is 21.0 Å². The van der Waals surface area contributed by atoms with Crippen LogP contribution >= 0.6 is 24.4 Å². The van der Waals surface area contributed by atoms with E-state index >= 15 is 0 Å². The summed E-state index contributed by atoms with van der Waals surface area (Å²) in [7, 11) is 4.49. The molecule has 1 aromatic rings. The quantitative estimate of drug-likeness (QED) is 0.300. The highest BCUT2D eigenvalue weighted by Gasteiger charge is 2.36. The van der Waals surface area contributed by atoms with Gasteiger partial charge in [0.25, 0.3) is 17.4 Å². The highest BCUT2D eigenvalue weighted by atomic mass is 32.1. The second-order valence-electron chi connectivity index (χ2n) is 5.95. The van der Waals surface area contributed by atoms with Gasteiger partial charge in [0.1, 0.15) is 5.57 Å². The van der Waals surface area contributed by atoms with Crippen molar-refractivity contribution in [3.05, 3.63) is 38.4 Å². The van der Waals surface area contributed by atoms with Gasteiger partial charge in [-0.05, 0) is 43.0 Å². The maximum absolute atomic E-state index is 12.7. The first-order valence-corrected chi connectivity index (χ1v) is 9.05. The predicted octanol–water partition coefficient (Wildman–Crippen LogP) is 0.710. The predicted molar refractivity (Wildman–Crippen MR) is 109 cm³/mol. The number of hydrogen-bond acceptors (Lipinski definition) is 7. The number of allylic oxidation sites excluding steroid dienone is 2. The van der Waals surface area contributed by atoms with E-state index in [0.717, 1.165) is 4.57 Å². The van der Waals surface area contributed by atoms with Crippen LogP contribution in [0.2, 0.25) is 0 Å². The first-order valence-electron chi connectivity index (χ1n) is 8.24. The second kappa shape index (κ2) is 9.04. The van der Waals surface area contributed by atoms with E-state index in [1.165, 1.54) is 42.1 Å². The van der Waals surface area contributed by atoms with Crippen LogP contribution in [0, 0.1) is 4.77 Å². The lowest BCUT2D eigenvalue weighted by Gasteiger charge is -2.34. The first-order chi connectivity index (χ1) is 13.2. The fourth-order valence-electron chi connectivity index (χ4n) is 2.50. The number of likely N-dealkylation sites (N-methyl/N-ethyl adjacent to an activating group) is 1. The van der Waals surface area contributed by atoms with Crippen molar-refractivity contribution < 1.29 is 19.4 Å². The van der Waals surface area contributed by atoms with Crippen molar-refractivity contribution in [3.63, 3.8) is 0 Å². The van der Waals surface area contributed by atoms with Crippen molar-refractivity contribution in [1.82, 2.24) is 19.4 Å². The van der Waals surface area contributed by atoms with Gasteiger partial charge in [0.2, 0.25) is 5.88 Å². The number of aromatic amines is 1. The van der Waals surface area contributed by atoms with Crippen LogP contribution in [0.4, 0.5) is 0 Å². The number of thiocarbonyl (C=S) groups is 1. The summed E-state index contributed by atoms with van der Waals surface area (Å²) in [4.78, 5) is 42.3. The second-order valence-corrected chi connectivity index (χ2v) is 6.70. The zero-order chi connectivity index (χ0) is 21.0. The molecule has 1 fully saturated rings. The third-order valence-corrected chi connectivity index (χ3v) is 4.97. The van der Waals surface area contributed by atoms with E-state index < -0.39 is 23.3 Å². The minimum Gasteiger partial charge on any atom is -0.494 e. The van der Waals surface area contributed by atoms with Crippen LogP contribution in [0.5, 0.6) is 5.88 Å². The zero-order valence-corrected chi connectivity index (χ0v) is 17.2. The van der Waals surface area contributed by atoms with Crippen molar-refractivity contribution in [1.29, 1.82) is 0 Å². The van der Waals surface area contributed by atoms with Crippen molar-refractivity contribution in [2.75, 3.05) is 27.3 Å². The molecule has 2 amide bonds. The number of nitrogens with one attached hydrogen (secondary N) is 1. The lowest BCUT2D eigenvalue weighted by molar-refractivity contribution is -0.133. The molecule has 1 aliphatic heterocycles. The molecule has 2 heterocycles. The third-order valence-electron chi connectivity index (χ3n) is 4.10. The summed E-state index contributed by atoms with van der Waals surface area (Å²) in [5.41, 5.74) is -0.675. The molecule has 0 radical (unpaired) electrons. The van der Waals surface area contributed by atoms with Crippen molar-refractivity contribution >= 4 is 47.4 Å². The zero-order valence-electron chi connectivity index (χ0n) is 15.6. The standard InChI is InChI=1S/C17H20N4O5S2/c1-19-13(23)10(12(22)18-16(19)27)6-4-7-11-14(24)20(2)17(28)21(15(11)25)8-5-9-26-3/h4,6-7,22H,5,8-9H2,1-3H3,(H,18,27)/b6-4+,11-7+. The Bertz CT molecular complexity index is 992. The van der Waals surface area contributed by atoms with Gasteiger partial charge >= 0.3 is 0 Å². The average Bonchev–Trinajstić information content (AvgIpc) is 2.66. The molecule has 2 rings (SSSR count). The monoisotopic (exact) mass is 424 g/mol. The van der Waals surface area contributed by atoms with E-state index in [2.05, 4.69) is 4.98 Å². The van der Waals surface area contributed by atoms with Gasteiger partial charge < -0.3 is 14.8 Å². The molecule has 0 saturated carbocycles. The Morgan fingerprint density at radius 2 is 1.86 bits per heavy atom. The number of rotatable bonds is 6. The van der Waals surface area contributed by atoms with E-state index in [9.17, 15) is 19.5 Å². The number of aromatic hydroxyl groups is 1. The van der Waals surface area contributed by atoms with Crippen molar-refractivity contribution in [2.45, 2.75) is 6.42 Å². The fourth-order valence-corrected chi connectivity index (χ4v) is 2.93. The molecule has 0 spiro atoms. The molecule has 0 aliphatic carbocycles. The topological polar surface area (TPSA) is 108 Å². The van der Waals surface area contributed by atoms with Gasteiger partial charge in [-0.1, -0.05) is 6.08 Å². The number of hydrogen-bond donors (Lipinski definition) is 2. The Labute approximate surface area is 171 Å². The SMILES string of the molecule is COCCCN1C(=O)/C(=C/C=C/c2c(O)[nH]c(=S)n(C)c2=O)C(=O)N(C)C1=S. The van der Waals surface area contributed by atoms with Gasteiger partial charge in [-0.3, -0.25) is 28.8 Å². The first kappa shape index (κ1) is 21.7. The fraction of sp³-hybridized carbons (Fsp3) is 0.353. The molecule has 1 aliphatic rings. The highest BCUT2D eigenvalue weighted by molar-refractivity contribution is 7.80. The molecule has 0 atom stereocenters. The normalized spacial score (nSPS) is 16.7. The lowest BCUT2D eigenvalue weighted by Crippen LogP contribution is -2.54.